The van der Waals surface area contributed by atoms with E-state index in [0.29, 0.717) is 12.5 Å². The van der Waals surface area contributed by atoms with Gasteiger partial charge >= 0.3 is 0 Å². The van der Waals surface area contributed by atoms with E-state index in [0.717, 1.165) is 5.69 Å². The molecule has 2 aliphatic heterocycles. The van der Waals surface area contributed by atoms with Gasteiger partial charge in [0.2, 0.25) is 5.91 Å². The van der Waals surface area contributed by atoms with Gasteiger partial charge in [-0.1, -0.05) is 13.8 Å². The Balaban J connectivity index is 2.05. The van der Waals surface area contributed by atoms with Gasteiger partial charge in [-0.15, -0.1) is 0 Å². The lowest BCUT2D eigenvalue weighted by atomic mass is 10.0. The van der Waals surface area contributed by atoms with Gasteiger partial charge in [-0.2, -0.15) is 0 Å². The number of ether oxygens (including phenoxy) is 1. The van der Waals surface area contributed by atoms with Crippen LogP contribution in [0.2, 0.25) is 0 Å². The highest BCUT2D eigenvalue weighted by molar-refractivity contribution is 5.82. The fourth-order valence-corrected chi connectivity index (χ4v) is 2.85. The molecule has 0 N–H and O–H groups in total. The molecule has 3 rings (SSSR count). The first-order valence-electron chi connectivity index (χ1n) is 6.21. The van der Waals surface area contributed by atoms with Gasteiger partial charge in [0.15, 0.2) is 6.23 Å². The second-order valence-electron chi connectivity index (χ2n) is 5.26. The van der Waals surface area contributed by atoms with Crippen LogP contribution in [0.4, 0.5) is 0 Å². The molecule has 2 aliphatic rings. The standard InChI is InChI=1S/C13H18N2O2/c1-8(2)11-7-17-13-10-5-4-6-14(10)9(3)12(16)15(11)13/h4-6,8-9,11,13H,7H2,1-3H3/t9-,11+,13?/m0/s1. The second-order valence-corrected chi connectivity index (χ2v) is 5.26. The molecule has 1 unspecified atom stereocenters. The number of carbonyl (C=O) groups excluding carboxylic acids is 1. The zero-order valence-electron chi connectivity index (χ0n) is 10.5. The van der Waals surface area contributed by atoms with Gasteiger partial charge in [0.1, 0.15) is 6.04 Å². The zero-order chi connectivity index (χ0) is 12.2. The van der Waals surface area contributed by atoms with E-state index in [1.807, 2.05) is 34.7 Å². The van der Waals surface area contributed by atoms with E-state index in [-0.39, 0.29) is 24.2 Å². The van der Waals surface area contributed by atoms with Gasteiger partial charge in [0.05, 0.1) is 18.3 Å². The molecule has 1 aromatic rings. The first kappa shape index (κ1) is 10.8. The average molecular weight is 234 g/mol. The molecule has 4 nitrogen and oxygen atoms in total. The van der Waals surface area contributed by atoms with Gasteiger partial charge in [-0.25, -0.2) is 0 Å². The van der Waals surface area contributed by atoms with E-state index in [9.17, 15) is 4.79 Å². The van der Waals surface area contributed by atoms with E-state index < -0.39 is 0 Å². The van der Waals surface area contributed by atoms with Crippen molar-refractivity contribution in [2.24, 2.45) is 5.92 Å². The minimum Gasteiger partial charge on any atom is -0.350 e. The van der Waals surface area contributed by atoms with E-state index in [4.69, 9.17) is 4.74 Å². The summed E-state index contributed by atoms with van der Waals surface area (Å²) in [5.41, 5.74) is 1.10. The Hall–Kier alpha value is -1.29. The molecule has 3 heterocycles. The Morgan fingerprint density at radius 2 is 2.24 bits per heavy atom. The molecule has 1 amide bonds. The molecular formula is C13H18N2O2. The number of fused-ring (bicyclic) bond motifs is 3. The first-order valence-corrected chi connectivity index (χ1v) is 6.21. The van der Waals surface area contributed by atoms with Crippen molar-refractivity contribution in [3.05, 3.63) is 24.0 Å². The number of hydrogen-bond donors (Lipinski definition) is 0. The number of amides is 1. The highest BCUT2D eigenvalue weighted by atomic mass is 16.5. The molecule has 4 heteroatoms. The minimum absolute atomic E-state index is 0.112. The predicted octanol–water partition coefficient (Wildman–Crippen LogP) is 1.94. The lowest BCUT2D eigenvalue weighted by Crippen LogP contribution is -2.47. The van der Waals surface area contributed by atoms with Crippen molar-refractivity contribution in [1.29, 1.82) is 0 Å². The first-order chi connectivity index (χ1) is 8.11. The van der Waals surface area contributed by atoms with Gasteiger partial charge in [0.25, 0.3) is 0 Å². The number of carbonyl (C=O) groups is 1. The smallest absolute Gasteiger partial charge is 0.248 e. The summed E-state index contributed by atoms with van der Waals surface area (Å²) in [6, 6.07) is 4.12. The normalized spacial score (nSPS) is 31.9. The largest absolute Gasteiger partial charge is 0.350 e. The van der Waals surface area contributed by atoms with Crippen molar-refractivity contribution < 1.29 is 9.53 Å². The monoisotopic (exact) mass is 234 g/mol. The van der Waals surface area contributed by atoms with Crippen LogP contribution in [0.5, 0.6) is 0 Å². The van der Waals surface area contributed by atoms with Gasteiger partial charge in [-0.3, -0.25) is 4.79 Å². The number of rotatable bonds is 1. The summed E-state index contributed by atoms with van der Waals surface area (Å²) >= 11 is 0. The Labute approximate surface area is 101 Å². The van der Waals surface area contributed by atoms with Gasteiger partial charge < -0.3 is 14.2 Å². The summed E-state index contributed by atoms with van der Waals surface area (Å²) in [4.78, 5) is 14.3. The van der Waals surface area contributed by atoms with Crippen LogP contribution >= 0.6 is 0 Å². The SMILES string of the molecule is CC(C)[C@H]1COC2c3cccn3[C@@H](C)C(=O)N21. The summed E-state index contributed by atoms with van der Waals surface area (Å²) in [6.45, 7) is 6.88. The number of hydrogen-bond acceptors (Lipinski definition) is 2. The van der Waals surface area contributed by atoms with Crippen molar-refractivity contribution in [2.75, 3.05) is 6.61 Å². The maximum Gasteiger partial charge on any atom is 0.248 e. The molecule has 0 radical (unpaired) electrons. The summed E-state index contributed by atoms with van der Waals surface area (Å²) in [5.74, 6) is 0.604. The summed E-state index contributed by atoms with van der Waals surface area (Å²) in [6.07, 6.45) is 1.78. The molecule has 3 atom stereocenters. The molecule has 1 aromatic heterocycles. The molecule has 0 aromatic carbocycles. The van der Waals surface area contributed by atoms with Crippen molar-refractivity contribution >= 4 is 5.91 Å². The topological polar surface area (TPSA) is 34.5 Å². The third-order valence-electron chi connectivity index (χ3n) is 3.90. The highest BCUT2D eigenvalue weighted by Crippen LogP contribution is 2.40. The van der Waals surface area contributed by atoms with Gasteiger partial charge in [0, 0.05) is 6.20 Å². The summed E-state index contributed by atoms with van der Waals surface area (Å²) < 4.78 is 7.84. The number of nitrogens with zero attached hydrogens (tertiary/aromatic N) is 2. The van der Waals surface area contributed by atoms with Crippen LogP contribution in [0.15, 0.2) is 18.3 Å². The van der Waals surface area contributed by atoms with E-state index in [1.165, 1.54) is 0 Å². The van der Waals surface area contributed by atoms with Crippen LogP contribution in [0.3, 0.4) is 0 Å². The molecule has 1 saturated heterocycles. The predicted molar refractivity (Wildman–Crippen MR) is 63.3 cm³/mol. The van der Waals surface area contributed by atoms with Crippen LogP contribution in [0, 0.1) is 5.92 Å². The Morgan fingerprint density at radius 3 is 2.94 bits per heavy atom. The minimum atomic E-state index is -0.180. The molecule has 0 bridgehead atoms. The summed E-state index contributed by atoms with van der Waals surface area (Å²) in [5, 5.41) is 0. The maximum atomic E-state index is 12.4. The van der Waals surface area contributed by atoms with Crippen molar-refractivity contribution in [3.63, 3.8) is 0 Å². The fraction of sp³-hybridized carbons (Fsp3) is 0.615. The highest BCUT2D eigenvalue weighted by Gasteiger charge is 2.46. The third kappa shape index (κ3) is 1.37. The Kier molecular flexibility index (Phi) is 2.30. The molecule has 92 valence electrons. The van der Waals surface area contributed by atoms with Crippen LogP contribution in [-0.2, 0) is 9.53 Å². The van der Waals surface area contributed by atoms with Crippen LogP contribution in [0.25, 0.3) is 0 Å². The zero-order valence-corrected chi connectivity index (χ0v) is 10.5. The lowest BCUT2D eigenvalue weighted by molar-refractivity contribution is -0.145. The van der Waals surface area contributed by atoms with Crippen LogP contribution in [0.1, 0.15) is 38.7 Å². The molecule has 17 heavy (non-hydrogen) atoms. The van der Waals surface area contributed by atoms with Crippen LogP contribution < -0.4 is 0 Å². The average Bonchev–Trinajstić information content (AvgIpc) is 2.90. The molecule has 0 spiro atoms. The van der Waals surface area contributed by atoms with Crippen LogP contribution in [-0.4, -0.2) is 28.0 Å². The fourth-order valence-electron chi connectivity index (χ4n) is 2.85. The molecule has 0 saturated carbocycles. The van der Waals surface area contributed by atoms with E-state index >= 15 is 0 Å². The maximum absolute atomic E-state index is 12.4. The summed E-state index contributed by atoms with van der Waals surface area (Å²) in [7, 11) is 0. The van der Waals surface area contributed by atoms with Crippen molar-refractivity contribution in [2.45, 2.75) is 39.1 Å². The Bertz CT molecular complexity index is 452. The molecular weight excluding hydrogens is 216 g/mol. The number of aromatic nitrogens is 1. The van der Waals surface area contributed by atoms with Gasteiger partial charge in [-0.05, 0) is 25.0 Å². The lowest BCUT2D eigenvalue weighted by Gasteiger charge is -2.37. The van der Waals surface area contributed by atoms with Crippen molar-refractivity contribution in [1.82, 2.24) is 9.47 Å². The molecule has 1 fully saturated rings. The van der Waals surface area contributed by atoms with E-state index in [2.05, 4.69) is 13.8 Å². The van der Waals surface area contributed by atoms with E-state index in [1.54, 1.807) is 0 Å². The third-order valence-corrected chi connectivity index (χ3v) is 3.90. The van der Waals surface area contributed by atoms with Crippen molar-refractivity contribution in [3.8, 4) is 0 Å². The Morgan fingerprint density at radius 1 is 1.47 bits per heavy atom. The quantitative estimate of drug-likeness (QED) is 0.744. The second kappa shape index (κ2) is 3.60. The molecule has 0 aliphatic carbocycles.